The minimum Gasteiger partial charge on any atom is -0.506 e. The van der Waals surface area contributed by atoms with Gasteiger partial charge in [-0.15, -0.1) is 0 Å². The van der Waals surface area contributed by atoms with E-state index in [0.717, 1.165) is 23.8 Å². The second-order valence-corrected chi connectivity index (χ2v) is 3.55. The molecule has 1 aromatic carbocycles. The maximum atomic E-state index is 10.2. The number of hydrogen-bond donors (Lipinski definition) is 1. The summed E-state index contributed by atoms with van der Waals surface area (Å²) in [4.78, 5) is 10.2. The first-order valence-electron chi connectivity index (χ1n) is 4.63. The Labute approximate surface area is 88.5 Å². The quantitative estimate of drug-likeness (QED) is 0.780. The molecule has 76 valence electrons. The molecule has 0 amide bonds. The molecule has 3 heteroatoms. The highest BCUT2D eigenvalue weighted by molar-refractivity contribution is 6.32. The molecule has 0 saturated heterocycles. The Morgan fingerprint density at radius 1 is 1.50 bits per heavy atom. The summed E-state index contributed by atoms with van der Waals surface area (Å²) < 4.78 is 0. The SMILES string of the molecule is CCc1cc(Cl)c(O)c(CCC=O)c1. The van der Waals surface area contributed by atoms with Gasteiger partial charge in [0.05, 0.1) is 5.02 Å². The van der Waals surface area contributed by atoms with Gasteiger partial charge in [-0.1, -0.05) is 24.6 Å². The lowest BCUT2D eigenvalue weighted by Gasteiger charge is -2.07. The molecule has 2 nitrogen and oxygen atoms in total. The van der Waals surface area contributed by atoms with E-state index in [4.69, 9.17) is 11.6 Å². The third-order valence-electron chi connectivity index (χ3n) is 2.14. The number of phenols is 1. The van der Waals surface area contributed by atoms with Gasteiger partial charge in [-0.3, -0.25) is 0 Å². The molecular weight excluding hydrogens is 200 g/mol. The maximum absolute atomic E-state index is 10.2. The summed E-state index contributed by atoms with van der Waals surface area (Å²) in [5, 5.41) is 9.96. The Balaban J connectivity index is 3.00. The van der Waals surface area contributed by atoms with Crippen molar-refractivity contribution in [3.63, 3.8) is 0 Å². The fourth-order valence-corrected chi connectivity index (χ4v) is 1.59. The minimum absolute atomic E-state index is 0.103. The first kappa shape index (κ1) is 11.1. The van der Waals surface area contributed by atoms with Crippen LogP contribution in [-0.4, -0.2) is 11.4 Å². The van der Waals surface area contributed by atoms with Crippen molar-refractivity contribution in [1.29, 1.82) is 0 Å². The monoisotopic (exact) mass is 212 g/mol. The van der Waals surface area contributed by atoms with Crippen molar-refractivity contribution < 1.29 is 9.90 Å². The third kappa shape index (κ3) is 2.48. The number of aromatic hydroxyl groups is 1. The molecule has 0 aromatic heterocycles. The van der Waals surface area contributed by atoms with Gasteiger partial charge in [-0.25, -0.2) is 0 Å². The van der Waals surface area contributed by atoms with Crippen LogP contribution in [0.5, 0.6) is 5.75 Å². The second-order valence-electron chi connectivity index (χ2n) is 3.14. The molecule has 0 heterocycles. The highest BCUT2D eigenvalue weighted by atomic mass is 35.5. The minimum atomic E-state index is 0.103. The van der Waals surface area contributed by atoms with E-state index >= 15 is 0 Å². The summed E-state index contributed by atoms with van der Waals surface area (Å²) in [5.41, 5.74) is 1.83. The number of carbonyl (C=O) groups excluding carboxylic acids is 1. The van der Waals surface area contributed by atoms with Gasteiger partial charge in [0, 0.05) is 6.42 Å². The summed E-state index contributed by atoms with van der Waals surface area (Å²) in [5.74, 6) is 0.103. The Morgan fingerprint density at radius 3 is 2.79 bits per heavy atom. The van der Waals surface area contributed by atoms with Crippen LogP contribution in [0.2, 0.25) is 5.02 Å². The molecule has 0 fully saturated rings. The molecule has 1 aromatic rings. The topological polar surface area (TPSA) is 37.3 Å². The second kappa shape index (κ2) is 5.01. The van der Waals surface area contributed by atoms with Gasteiger partial charge in [0.25, 0.3) is 0 Å². The van der Waals surface area contributed by atoms with Gasteiger partial charge >= 0.3 is 0 Å². The average molecular weight is 213 g/mol. The highest BCUT2D eigenvalue weighted by Crippen LogP contribution is 2.29. The normalized spacial score (nSPS) is 10.1. The molecule has 1 N–H and O–H groups in total. The number of halogens is 1. The zero-order chi connectivity index (χ0) is 10.6. The van der Waals surface area contributed by atoms with Gasteiger partial charge in [0.1, 0.15) is 12.0 Å². The van der Waals surface area contributed by atoms with Crippen LogP contribution in [0.15, 0.2) is 12.1 Å². The van der Waals surface area contributed by atoms with Crippen molar-refractivity contribution in [3.05, 3.63) is 28.3 Å². The Kier molecular flexibility index (Phi) is 3.96. The number of aldehydes is 1. The number of phenolic OH excluding ortho intramolecular Hbond substituents is 1. The number of carbonyl (C=O) groups is 1. The molecule has 0 spiro atoms. The van der Waals surface area contributed by atoms with Crippen LogP contribution >= 0.6 is 11.6 Å². The summed E-state index contributed by atoms with van der Waals surface area (Å²) in [6.07, 6.45) is 2.67. The van der Waals surface area contributed by atoms with E-state index in [1.807, 2.05) is 13.0 Å². The molecular formula is C11H13ClO2. The fourth-order valence-electron chi connectivity index (χ4n) is 1.33. The van der Waals surface area contributed by atoms with Crippen molar-refractivity contribution in [2.45, 2.75) is 26.2 Å². The first-order chi connectivity index (χ1) is 6.69. The van der Waals surface area contributed by atoms with E-state index in [1.165, 1.54) is 0 Å². The molecule has 0 aliphatic heterocycles. The van der Waals surface area contributed by atoms with Crippen molar-refractivity contribution in [3.8, 4) is 5.75 Å². The van der Waals surface area contributed by atoms with E-state index in [9.17, 15) is 9.90 Å². The van der Waals surface area contributed by atoms with Crippen LogP contribution in [0.3, 0.4) is 0 Å². The molecule has 0 radical (unpaired) electrons. The maximum Gasteiger partial charge on any atom is 0.137 e. The zero-order valence-corrected chi connectivity index (χ0v) is 8.84. The lowest BCUT2D eigenvalue weighted by Crippen LogP contribution is -1.91. The lowest BCUT2D eigenvalue weighted by molar-refractivity contribution is -0.107. The van der Waals surface area contributed by atoms with Crippen LogP contribution < -0.4 is 0 Å². The first-order valence-corrected chi connectivity index (χ1v) is 5.00. The van der Waals surface area contributed by atoms with E-state index in [-0.39, 0.29) is 5.75 Å². The number of hydrogen-bond acceptors (Lipinski definition) is 2. The molecule has 0 saturated carbocycles. The Bertz CT molecular complexity index is 334. The largest absolute Gasteiger partial charge is 0.506 e. The Morgan fingerprint density at radius 2 is 2.21 bits per heavy atom. The van der Waals surface area contributed by atoms with E-state index in [0.29, 0.717) is 17.9 Å². The van der Waals surface area contributed by atoms with Crippen LogP contribution in [0.25, 0.3) is 0 Å². The standard InChI is InChI=1S/C11H13ClO2/c1-2-8-6-9(4-3-5-13)11(14)10(12)7-8/h5-7,14H,2-4H2,1H3. The zero-order valence-electron chi connectivity index (χ0n) is 8.09. The number of rotatable bonds is 4. The smallest absolute Gasteiger partial charge is 0.137 e. The summed E-state index contributed by atoms with van der Waals surface area (Å²) in [6, 6.07) is 3.64. The van der Waals surface area contributed by atoms with E-state index in [2.05, 4.69) is 0 Å². The summed E-state index contributed by atoms with van der Waals surface area (Å²) >= 11 is 5.84. The van der Waals surface area contributed by atoms with Crippen molar-refractivity contribution in [2.24, 2.45) is 0 Å². The molecule has 0 bridgehead atoms. The van der Waals surface area contributed by atoms with Gasteiger partial charge in [-0.2, -0.15) is 0 Å². The fraction of sp³-hybridized carbons (Fsp3) is 0.364. The molecule has 0 aliphatic rings. The van der Waals surface area contributed by atoms with Crippen LogP contribution in [0.4, 0.5) is 0 Å². The summed E-state index contributed by atoms with van der Waals surface area (Å²) in [7, 11) is 0. The van der Waals surface area contributed by atoms with E-state index in [1.54, 1.807) is 6.07 Å². The summed E-state index contributed by atoms with van der Waals surface area (Å²) in [6.45, 7) is 2.02. The predicted molar refractivity (Wildman–Crippen MR) is 56.9 cm³/mol. The highest BCUT2D eigenvalue weighted by Gasteiger charge is 2.07. The molecule has 0 unspecified atom stereocenters. The lowest BCUT2D eigenvalue weighted by atomic mass is 10.0. The van der Waals surface area contributed by atoms with Crippen LogP contribution in [-0.2, 0) is 17.6 Å². The molecule has 1 rings (SSSR count). The van der Waals surface area contributed by atoms with Gasteiger partial charge < -0.3 is 9.90 Å². The molecule has 14 heavy (non-hydrogen) atoms. The third-order valence-corrected chi connectivity index (χ3v) is 2.43. The molecule has 0 atom stereocenters. The van der Waals surface area contributed by atoms with Gasteiger partial charge in [0.2, 0.25) is 0 Å². The van der Waals surface area contributed by atoms with E-state index < -0.39 is 0 Å². The molecule has 0 aliphatic carbocycles. The van der Waals surface area contributed by atoms with Crippen molar-refractivity contribution in [2.75, 3.05) is 0 Å². The average Bonchev–Trinajstić information content (AvgIpc) is 2.20. The number of benzene rings is 1. The van der Waals surface area contributed by atoms with Gasteiger partial charge in [0.15, 0.2) is 0 Å². The van der Waals surface area contributed by atoms with Gasteiger partial charge in [-0.05, 0) is 30.0 Å². The van der Waals surface area contributed by atoms with Crippen LogP contribution in [0.1, 0.15) is 24.5 Å². The van der Waals surface area contributed by atoms with Crippen LogP contribution in [0, 0.1) is 0 Å². The predicted octanol–water partition coefficient (Wildman–Crippen LogP) is 2.74. The van der Waals surface area contributed by atoms with Crippen molar-refractivity contribution in [1.82, 2.24) is 0 Å². The number of aryl methyl sites for hydroxylation is 2. The van der Waals surface area contributed by atoms with Crippen molar-refractivity contribution >= 4 is 17.9 Å². The Hall–Kier alpha value is -1.02.